The van der Waals surface area contributed by atoms with Crippen molar-refractivity contribution in [3.63, 3.8) is 0 Å². The number of esters is 1. The molecule has 0 spiro atoms. The third-order valence-electron chi connectivity index (χ3n) is 1.89. The first-order valence-electron chi connectivity index (χ1n) is 3.57. The van der Waals surface area contributed by atoms with E-state index in [9.17, 15) is 4.79 Å². The fraction of sp³-hybridized carbons (Fsp3) is 0.857. The predicted molar refractivity (Wildman–Crippen MR) is 38.8 cm³/mol. The van der Waals surface area contributed by atoms with Gasteiger partial charge in [-0.1, -0.05) is 24.4 Å². The van der Waals surface area contributed by atoms with E-state index in [4.69, 9.17) is 11.6 Å². The Morgan fingerprint density at radius 2 is 2.10 bits per heavy atom. The van der Waals surface area contributed by atoms with Crippen molar-refractivity contribution in [1.29, 1.82) is 0 Å². The minimum atomic E-state index is -0.118. The molecule has 1 aliphatic carbocycles. The van der Waals surface area contributed by atoms with Crippen LogP contribution in [0.5, 0.6) is 0 Å². The first-order chi connectivity index (χ1) is 4.84. The molecule has 3 heteroatoms. The zero-order valence-corrected chi connectivity index (χ0v) is 6.56. The molecule has 0 saturated heterocycles. The lowest BCUT2D eigenvalue weighted by Gasteiger charge is -2.05. The molecule has 1 aliphatic rings. The van der Waals surface area contributed by atoms with E-state index in [2.05, 4.69) is 4.74 Å². The highest BCUT2D eigenvalue weighted by molar-refractivity contribution is 6.17. The van der Waals surface area contributed by atoms with Crippen molar-refractivity contribution >= 4 is 17.6 Å². The highest BCUT2D eigenvalue weighted by Gasteiger charge is 2.23. The standard InChI is InChI=1S/C7H11ClO2/c8-5-10-7(9)6-3-1-2-4-6/h6H,1-5H2. The van der Waals surface area contributed by atoms with Gasteiger partial charge in [-0.3, -0.25) is 4.79 Å². The highest BCUT2D eigenvalue weighted by atomic mass is 35.5. The van der Waals surface area contributed by atoms with Gasteiger partial charge >= 0.3 is 5.97 Å². The molecule has 0 N–H and O–H groups in total. The van der Waals surface area contributed by atoms with Crippen LogP contribution in [0.4, 0.5) is 0 Å². The number of ether oxygens (including phenoxy) is 1. The molecule has 0 heterocycles. The first-order valence-corrected chi connectivity index (χ1v) is 4.10. The molecule has 0 radical (unpaired) electrons. The number of alkyl halides is 1. The normalized spacial score (nSPS) is 19.3. The highest BCUT2D eigenvalue weighted by Crippen LogP contribution is 2.25. The summed E-state index contributed by atoms with van der Waals surface area (Å²) in [5, 5.41) is 0. The molecule has 0 aromatic rings. The number of carbonyl (C=O) groups excluding carboxylic acids is 1. The zero-order valence-electron chi connectivity index (χ0n) is 5.81. The van der Waals surface area contributed by atoms with Gasteiger partial charge < -0.3 is 4.74 Å². The van der Waals surface area contributed by atoms with E-state index in [-0.39, 0.29) is 18.0 Å². The predicted octanol–water partition coefficient (Wildman–Crippen LogP) is 1.92. The fourth-order valence-corrected chi connectivity index (χ4v) is 1.44. The second-order valence-electron chi connectivity index (χ2n) is 2.55. The summed E-state index contributed by atoms with van der Waals surface area (Å²) in [6.07, 6.45) is 4.27. The van der Waals surface area contributed by atoms with E-state index in [1.54, 1.807) is 0 Å². The van der Waals surface area contributed by atoms with Gasteiger partial charge in [0.1, 0.15) is 0 Å². The number of hydrogen-bond acceptors (Lipinski definition) is 2. The quantitative estimate of drug-likeness (QED) is 0.458. The van der Waals surface area contributed by atoms with Crippen molar-refractivity contribution in [3.05, 3.63) is 0 Å². The smallest absolute Gasteiger partial charge is 0.310 e. The van der Waals surface area contributed by atoms with E-state index in [0.717, 1.165) is 25.7 Å². The summed E-state index contributed by atoms with van der Waals surface area (Å²) < 4.78 is 4.65. The molecule has 2 nitrogen and oxygen atoms in total. The van der Waals surface area contributed by atoms with Gasteiger partial charge in [0.2, 0.25) is 0 Å². The van der Waals surface area contributed by atoms with Crippen molar-refractivity contribution in [2.75, 3.05) is 6.07 Å². The molecule has 58 valence electrons. The lowest BCUT2D eigenvalue weighted by Crippen LogP contribution is -2.13. The van der Waals surface area contributed by atoms with Gasteiger partial charge in [-0.15, -0.1) is 0 Å². The zero-order chi connectivity index (χ0) is 7.40. The van der Waals surface area contributed by atoms with Gasteiger partial charge in [0.25, 0.3) is 0 Å². The average Bonchev–Trinajstić information content (AvgIpc) is 2.38. The van der Waals surface area contributed by atoms with Crippen molar-refractivity contribution < 1.29 is 9.53 Å². The molecule has 0 amide bonds. The van der Waals surface area contributed by atoms with Crippen LogP contribution in [0, 0.1) is 5.92 Å². The molecule has 0 aromatic heterocycles. The number of halogens is 1. The lowest BCUT2D eigenvalue weighted by atomic mass is 10.1. The minimum Gasteiger partial charge on any atom is -0.449 e. The van der Waals surface area contributed by atoms with Crippen LogP contribution in [0.15, 0.2) is 0 Å². The summed E-state index contributed by atoms with van der Waals surface area (Å²) in [4.78, 5) is 10.9. The number of carbonyl (C=O) groups is 1. The first kappa shape index (κ1) is 7.86. The van der Waals surface area contributed by atoms with Gasteiger partial charge in [0, 0.05) is 0 Å². The second kappa shape index (κ2) is 3.81. The van der Waals surface area contributed by atoms with Crippen molar-refractivity contribution in [3.8, 4) is 0 Å². The Kier molecular flexibility index (Phi) is 3.00. The number of hydrogen-bond donors (Lipinski definition) is 0. The van der Waals surface area contributed by atoms with E-state index in [1.807, 2.05) is 0 Å². The van der Waals surface area contributed by atoms with Crippen molar-refractivity contribution in [1.82, 2.24) is 0 Å². The summed E-state index contributed by atoms with van der Waals surface area (Å²) in [7, 11) is 0. The molecule has 1 rings (SSSR count). The maximum absolute atomic E-state index is 10.9. The Bertz CT molecular complexity index is 119. The molecule has 10 heavy (non-hydrogen) atoms. The van der Waals surface area contributed by atoms with E-state index in [1.165, 1.54) is 0 Å². The van der Waals surface area contributed by atoms with Gasteiger partial charge in [-0.05, 0) is 12.8 Å². The van der Waals surface area contributed by atoms with Crippen LogP contribution in [0.3, 0.4) is 0 Å². The summed E-state index contributed by atoms with van der Waals surface area (Å²) in [5.41, 5.74) is 0. The summed E-state index contributed by atoms with van der Waals surface area (Å²) in [6, 6.07) is -0.00463. The summed E-state index contributed by atoms with van der Waals surface area (Å²) in [5.74, 6) is 0.0197. The Morgan fingerprint density at radius 3 is 2.60 bits per heavy atom. The van der Waals surface area contributed by atoms with Gasteiger partial charge in [-0.2, -0.15) is 0 Å². The van der Waals surface area contributed by atoms with Gasteiger partial charge in [0.05, 0.1) is 5.92 Å². The molecule has 0 atom stereocenters. The molecule has 0 bridgehead atoms. The van der Waals surface area contributed by atoms with Crippen LogP contribution in [-0.4, -0.2) is 12.0 Å². The largest absolute Gasteiger partial charge is 0.449 e. The van der Waals surface area contributed by atoms with Crippen LogP contribution in [0.1, 0.15) is 25.7 Å². The Morgan fingerprint density at radius 1 is 1.50 bits per heavy atom. The van der Waals surface area contributed by atoms with Crippen LogP contribution in [-0.2, 0) is 9.53 Å². The molecule has 0 unspecified atom stereocenters. The van der Waals surface area contributed by atoms with Gasteiger partial charge in [-0.25, -0.2) is 0 Å². The Hall–Kier alpha value is -0.240. The minimum absolute atomic E-state index is 0.00463. The van der Waals surface area contributed by atoms with Crippen LogP contribution >= 0.6 is 11.6 Å². The average molecular weight is 163 g/mol. The molecule has 1 fully saturated rings. The summed E-state index contributed by atoms with van der Waals surface area (Å²) >= 11 is 5.23. The fourth-order valence-electron chi connectivity index (χ4n) is 1.33. The van der Waals surface area contributed by atoms with Crippen LogP contribution < -0.4 is 0 Å². The van der Waals surface area contributed by atoms with E-state index >= 15 is 0 Å². The molecule has 1 saturated carbocycles. The van der Waals surface area contributed by atoms with Crippen LogP contribution in [0.25, 0.3) is 0 Å². The monoisotopic (exact) mass is 162 g/mol. The topological polar surface area (TPSA) is 26.3 Å². The molecular formula is C7H11ClO2. The lowest BCUT2D eigenvalue weighted by molar-refractivity contribution is -0.146. The Balaban J connectivity index is 2.25. The third-order valence-corrected chi connectivity index (χ3v) is 1.99. The van der Waals surface area contributed by atoms with Crippen LogP contribution in [0.2, 0.25) is 0 Å². The van der Waals surface area contributed by atoms with Crippen molar-refractivity contribution in [2.24, 2.45) is 5.92 Å². The summed E-state index contributed by atoms with van der Waals surface area (Å²) in [6.45, 7) is 0. The SMILES string of the molecule is O=C(OCCl)C1CCCC1. The van der Waals surface area contributed by atoms with E-state index in [0.29, 0.717) is 0 Å². The van der Waals surface area contributed by atoms with E-state index < -0.39 is 0 Å². The van der Waals surface area contributed by atoms with Crippen molar-refractivity contribution in [2.45, 2.75) is 25.7 Å². The maximum Gasteiger partial charge on any atom is 0.310 e. The third kappa shape index (κ3) is 1.87. The Labute approximate surface area is 65.5 Å². The number of rotatable bonds is 2. The van der Waals surface area contributed by atoms with Gasteiger partial charge in [0.15, 0.2) is 6.07 Å². The molecular weight excluding hydrogens is 152 g/mol. The molecule has 0 aliphatic heterocycles. The second-order valence-corrected chi connectivity index (χ2v) is 2.77. The molecule has 0 aromatic carbocycles. The maximum atomic E-state index is 10.9.